The number of hydrogen-bond acceptors (Lipinski definition) is 2. The highest BCUT2D eigenvalue weighted by molar-refractivity contribution is 5.36. The van der Waals surface area contributed by atoms with Crippen LogP contribution in [0.1, 0.15) is 37.3 Å². The first-order valence-electron chi connectivity index (χ1n) is 8.43. The molecule has 154 valence electrons. The second kappa shape index (κ2) is 9.16. The second-order valence-electron chi connectivity index (χ2n) is 5.98. The first-order valence-corrected chi connectivity index (χ1v) is 8.43. The third-order valence-corrected chi connectivity index (χ3v) is 3.84. The maximum absolute atomic E-state index is 14.3. The molecule has 0 aromatic heterocycles. The van der Waals surface area contributed by atoms with E-state index < -0.39 is 47.2 Å². The summed E-state index contributed by atoms with van der Waals surface area (Å²) in [6.45, 7) is -1.53. The predicted octanol–water partition coefficient (Wildman–Crippen LogP) is 6.57. The molecule has 0 aliphatic carbocycles. The van der Waals surface area contributed by atoms with Crippen molar-refractivity contribution in [2.75, 3.05) is 0 Å². The number of benzene rings is 2. The Morgan fingerprint density at radius 1 is 0.929 bits per heavy atom. The van der Waals surface area contributed by atoms with Gasteiger partial charge in [-0.15, -0.1) is 0 Å². The smallest absolute Gasteiger partial charge is 0.429 e. The lowest BCUT2D eigenvalue weighted by molar-refractivity contribution is -0.187. The molecule has 0 atom stereocenters. The van der Waals surface area contributed by atoms with E-state index in [4.69, 9.17) is 0 Å². The zero-order valence-corrected chi connectivity index (χ0v) is 14.8. The lowest BCUT2D eigenvalue weighted by Gasteiger charge is -2.20. The van der Waals surface area contributed by atoms with E-state index in [-0.39, 0.29) is 12.1 Å². The van der Waals surface area contributed by atoms with E-state index in [1.54, 1.807) is 0 Å². The number of ether oxygens (including phenoxy) is 2. The zero-order valence-electron chi connectivity index (χ0n) is 14.8. The molecule has 2 nitrogen and oxygen atoms in total. The third-order valence-electron chi connectivity index (χ3n) is 3.84. The summed E-state index contributed by atoms with van der Waals surface area (Å²) >= 11 is 0. The number of hydrogen-bond donors (Lipinski definition) is 0. The van der Waals surface area contributed by atoms with Crippen LogP contribution in [0.3, 0.4) is 0 Å². The molecule has 0 spiro atoms. The largest absolute Gasteiger partial charge is 0.429 e. The van der Waals surface area contributed by atoms with Gasteiger partial charge in [0, 0.05) is 12.1 Å². The highest BCUT2D eigenvalue weighted by Crippen LogP contribution is 2.36. The van der Waals surface area contributed by atoms with Crippen molar-refractivity contribution in [1.82, 2.24) is 0 Å². The van der Waals surface area contributed by atoms with Crippen molar-refractivity contribution in [1.29, 1.82) is 0 Å². The monoisotopic (exact) mass is 410 g/mol. The van der Waals surface area contributed by atoms with Crippen molar-refractivity contribution in [2.45, 2.75) is 45.3 Å². The molecule has 2 aromatic carbocycles. The predicted molar refractivity (Wildman–Crippen MR) is 87.1 cm³/mol. The van der Waals surface area contributed by atoms with Gasteiger partial charge in [-0.1, -0.05) is 25.8 Å². The lowest BCUT2D eigenvalue weighted by atomic mass is 10.0. The molecule has 0 aliphatic heterocycles. The van der Waals surface area contributed by atoms with Gasteiger partial charge in [0.2, 0.25) is 0 Å². The van der Waals surface area contributed by atoms with Crippen LogP contribution in [-0.4, -0.2) is 6.61 Å². The summed E-state index contributed by atoms with van der Waals surface area (Å²) in [5.74, 6) is -7.03. The van der Waals surface area contributed by atoms with Gasteiger partial charge in [0.25, 0.3) is 0 Å². The summed E-state index contributed by atoms with van der Waals surface area (Å²) in [6.07, 6.45) is -1.12. The van der Waals surface area contributed by atoms with E-state index >= 15 is 0 Å². The van der Waals surface area contributed by atoms with Crippen LogP contribution in [0.15, 0.2) is 30.3 Å². The molecule has 0 fully saturated rings. The average Bonchev–Trinajstić information content (AvgIpc) is 2.57. The Bertz CT molecular complexity index is 786. The molecule has 28 heavy (non-hydrogen) atoms. The summed E-state index contributed by atoms with van der Waals surface area (Å²) in [5.41, 5.74) is -0.600. The van der Waals surface area contributed by atoms with Crippen molar-refractivity contribution < 1.29 is 40.2 Å². The number of alkyl halides is 4. The summed E-state index contributed by atoms with van der Waals surface area (Å²) < 4.78 is 102. The molecule has 0 bridgehead atoms. The van der Waals surface area contributed by atoms with E-state index in [0.29, 0.717) is 12.0 Å². The van der Waals surface area contributed by atoms with Crippen molar-refractivity contribution in [3.8, 4) is 11.5 Å². The maximum atomic E-state index is 14.3. The van der Waals surface area contributed by atoms with E-state index in [1.807, 2.05) is 6.92 Å². The summed E-state index contributed by atoms with van der Waals surface area (Å²) in [7, 11) is 0. The van der Waals surface area contributed by atoms with Crippen LogP contribution in [0.2, 0.25) is 0 Å². The molecule has 0 radical (unpaired) electrons. The SMILES string of the molecule is CCCCCc1ccc(C(F)(F)Oc2cc(F)c(OC(F)F)c(F)c2)c(F)c1. The lowest BCUT2D eigenvalue weighted by Crippen LogP contribution is -2.23. The standard InChI is InChI=1S/C19H17F7O2/c1-2-3-4-5-11-6-7-13(14(20)8-11)19(25,26)28-12-9-15(21)17(16(22)10-12)27-18(23)24/h6-10,18H,2-5H2,1H3. The van der Waals surface area contributed by atoms with Crippen LogP contribution in [0.5, 0.6) is 11.5 Å². The van der Waals surface area contributed by atoms with Gasteiger partial charge < -0.3 is 9.47 Å². The molecule has 0 amide bonds. The van der Waals surface area contributed by atoms with Crippen LogP contribution in [0.25, 0.3) is 0 Å². The van der Waals surface area contributed by atoms with Crippen molar-refractivity contribution >= 4 is 0 Å². The van der Waals surface area contributed by atoms with E-state index in [1.165, 1.54) is 6.07 Å². The first-order chi connectivity index (χ1) is 13.1. The summed E-state index contributed by atoms with van der Waals surface area (Å²) in [5, 5.41) is 0. The number of halogens is 7. The minimum atomic E-state index is -4.25. The van der Waals surface area contributed by atoms with Crippen molar-refractivity contribution in [3.05, 3.63) is 58.9 Å². The Kier molecular flexibility index (Phi) is 7.15. The van der Waals surface area contributed by atoms with E-state index in [2.05, 4.69) is 9.47 Å². The quantitative estimate of drug-likeness (QED) is 0.344. The zero-order chi connectivity index (χ0) is 20.9. The van der Waals surface area contributed by atoms with Crippen LogP contribution < -0.4 is 9.47 Å². The number of rotatable bonds is 9. The molecule has 0 saturated carbocycles. The van der Waals surface area contributed by atoms with Crippen LogP contribution >= 0.6 is 0 Å². The van der Waals surface area contributed by atoms with Crippen LogP contribution in [0, 0.1) is 17.5 Å². The normalized spacial score (nSPS) is 11.8. The molecule has 0 aliphatic rings. The molecular formula is C19H17F7O2. The van der Waals surface area contributed by atoms with Gasteiger partial charge in [0.05, 0.1) is 5.56 Å². The van der Waals surface area contributed by atoms with Gasteiger partial charge in [0.15, 0.2) is 17.4 Å². The van der Waals surface area contributed by atoms with Gasteiger partial charge in [-0.05, 0) is 30.5 Å². The average molecular weight is 410 g/mol. The van der Waals surface area contributed by atoms with Gasteiger partial charge in [0.1, 0.15) is 11.6 Å². The summed E-state index contributed by atoms with van der Waals surface area (Å²) in [4.78, 5) is 0. The molecule has 0 saturated heterocycles. The molecular weight excluding hydrogens is 393 g/mol. The van der Waals surface area contributed by atoms with Gasteiger partial charge >= 0.3 is 12.7 Å². The fourth-order valence-corrected chi connectivity index (χ4v) is 2.53. The van der Waals surface area contributed by atoms with E-state index in [9.17, 15) is 30.7 Å². The number of aryl methyl sites for hydroxylation is 1. The second-order valence-corrected chi connectivity index (χ2v) is 5.98. The Morgan fingerprint density at radius 2 is 1.57 bits per heavy atom. The fourth-order valence-electron chi connectivity index (χ4n) is 2.53. The van der Waals surface area contributed by atoms with Gasteiger partial charge in [-0.2, -0.15) is 17.6 Å². The Labute approximate surface area is 156 Å². The summed E-state index contributed by atoms with van der Waals surface area (Å²) in [6, 6.07) is 3.57. The van der Waals surface area contributed by atoms with Crippen molar-refractivity contribution in [3.63, 3.8) is 0 Å². The fraction of sp³-hybridized carbons (Fsp3) is 0.368. The highest BCUT2D eigenvalue weighted by Gasteiger charge is 2.38. The van der Waals surface area contributed by atoms with Gasteiger partial charge in [-0.3, -0.25) is 0 Å². The number of unbranched alkanes of at least 4 members (excludes halogenated alkanes) is 2. The van der Waals surface area contributed by atoms with E-state index in [0.717, 1.165) is 31.4 Å². The third kappa shape index (κ3) is 5.53. The molecule has 0 unspecified atom stereocenters. The minimum Gasteiger partial charge on any atom is -0.429 e. The highest BCUT2D eigenvalue weighted by atomic mass is 19.3. The molecule has 0 heterocycles. The topological polar surface area (TPSA) is 18.5 Å². The molecule has 2 rings (SSSR count). The maximum Gasteiger partial charge on any atom is 0.429 e. The van der Waals surface area contributed by atoms with Crippen molar-refractivity contribution in [2.24, 2.45) is 0 Å². The molecule has 0 N–H and O–H groups in total. The van der Waals surface area contributed by atoms with Crippen LogP contribution in [0.4, 0.5) is 30.7 Å². The van der Waals surface area contributed by atoms with Crippen LogP contribution in [-0.2, 0) is 12.5 Å². The minimum absolute atomic E-state index is 0.242. The molecule has 2 aromatic rings. The van der Waals surface area contributed by atoms with Gasteiger partial charge in [-0.25, -0.2) is 13.2 Å². The Balaban J connectivity index is 2.21. The Hall–Kier alpha value is -2.45. The molecule has 9 heteroatoms. The Morgan fingerprint density at radius 3 is 2.11 bits per heavy atom. The first kappa shape index (κ1) is 21.8.